The van der Waals surface area contributed by atoms with Crippen molar-refractivity contribution < 1.29 is 9.47 Å². The highest BCUT2D eigenvalue weighted by Crippen LogP contribution is 2.28. The number of fused-ring (bicyclic) bond motifs is 1. The third-order valence-electron chi connectivity index (χ3n) is 3.18. The number of hydrogen-bond donors (Lipinski definition) is 1. The van der Waals surface area contributed by atoms with Gasteiger partial charge in [0.2, 0.25) is 0 Å². The summed E-state index contributed by atoms with van der Waals surface area (Å²) in [5.74, 6) is 0.918. The average Bonchev–Trinajstić information content (AvgIpc) is 2.45. The van der Waals surface area contributed by atoms with Gasteiger partial charge in [-0.3, -0.25) is 0 Å². The van der Waals surface area contributed by atoms with Gasteiger partial charge in [-0.1, -0.05) is 30.3 Å². The van der Waals surface area contributed by atoms with Crippen molar-refractivity contribution in [3.8, 4) is 5.75 Å². The van der Waals surface area contributed by atoms with Gasteiger partial charge in [0.15, 0.2) is 0 Å². The molecule has 108 valence electrons. The van der Waals surface area contributed by atoms with Crippen molar-refractivity contribution in [1.82, 2.24) is 0 Å². The highest BCUT2D eigenvalue weighted by molar-refractivity contribution is 5.87. The maximum atomic E-state index is 5.87. The number of hydrogen-bond acceptors (Lipinski definition) is 3. The van der Waals surface area contributed by atoms with E-state index in [2.05, 4.69) is 18.2 Å². The first-order valence-corrected chi connectivity index (χ1v) is 7.17. The van der Waals surface area contributed by atoms with Gasteiger partial charge in [0.1, 0.15) is 12.4 Å². The Morgan fingerprint density at radius 2 is 1.85 bits per heavy atom. The third-order valence-corrected chi connectivity index (χ3v) is 3.18. The van der Waals surface area contributed by atoms with Crippen LogP contribution in [0.5, 0.6) is 5.75 Å². The number of ether oxygens (including phenoxy) is 2. The Morgan fingerprint density at radius 1 is 1.05 bits per heavy atom. The summed E-state index contributed by atoms with van der Waals surface area (Å²) in [6, 6.07) is 12.5. The first-order chi connectivity index (χ1) is 9.72. The Hall–Kier alpha value is -1.58. The predicted molar refractivity (Wildman–Crippen MR) is 83.3 cm³/mol. The van der Waals surface area contributed by atoms with Crippen molar-refractivity contribution in [2.75, 3.05) is 19.8 Å². The molecule has 0 heterocycles. The highest BCUT2D eigenvalue weighted by atomic mass is 16.5. The van der Waals surface area contributed by atoms with Crippen LogP contribution >= 0.6 is 0 Å². The summed E-state index contributed by atoms with van der Waals surface area (Å²) in [6.07, 6.45) is 1.06. The molecule has 0 fully saturated rings. The molecular weight excluding hydrogens is 250 g/mol. The van der Waals surface area contributed by atoms with E-state index in [0.717, 1.165) is 12.2 Å². The lowest BCUT2D eigenvalue weighted by atomic mass is 10.0. The number of benzene rings is 2. The van der Waals surface area contributed by atoms with E-state index in [1.54, 1.807) is 0 Å². The molecule has 2 rings (SSSR count). The van der Waals surface area contributed by atoms with Crippen LogP contribution in [0.1, 0.15) is 19.4 Å². The normalized spacial score (nSPS) is 11.2. The van der Waals surface area contributed by atoms with Crippen LogP contribution in [-0.4, -0.2) is 25.9 Å². The van der Waals surface area contributed by atoms with Gasteiger partial charge < -0.3 is 15.2 Å². The van der Waals surface area contributed by atoms with Gasteiger partial charge in [-0.05, 0) is 43.7 Å². The lowest BCUT2D eigenvalue weighted by Crippen LogP contribution is -2.13. The van der Waals surface area contributed by atoms with Gasteiger partial charge in [-0.25, -0.2) is 0 Å². The van der Waals surface area contributed by atoms with Crippen LogP contribution in [0.3, 0.4) is 0 Å². The van der Waals surface area contributed by atoms with Gasteiger partial charge in [0.05, 0.1) is 12.7 Å². The lowest BCUT2D eigenvalue weighted by Gasteiger charge is -2.14. The van der Waals surface area contributed by atoms with Crippen molar-refractivity contribution >= 4 is 10.8 Å². The molecule has 0 spiro atoms. The van der Waals surface area contributed by atoms with Crippen molar-refractivity contribution in [2.24, 2.45) is 5.73 Å². The van der Waals surface area contributed by atoms with E-state index >= 15 is 0 Å². The van der Waals surface area contributed by atoms with Gasteiger partial charge in [0, 0.05) is 5.56 Å². The second-order valence-corrected chi connectivity index (χ2v) is 5.07. The highest BCUT2D eigenvalue weighted by Gasteiger charge is 2.08. The zero-order valence-electron chi connectivity index (χ0n) is 12.3. The Morgan fingerprint density at radius 3 is 2.60 bits per heavy atom. The van der Waals surface area contributed by atoms with E-state index in [9.17, 15) is 0 Å². The zero-order valence-corrected chi connectivity index (χ0v) is 12.3. The van der Waals surface area contributed by atoms with Gasteiger partial charge in [0.25, 0.3) is 0 Å². The van der Waals surface area contributed by atoms with E-state index in [1.807, 2.05) is 32.0 Å². The van der Waals surface area contributed by atoms with E-state index in [-0.39, 0.29) is 6.10 Å². The van der Waals surface area contributed by atoms with Crippen LogP contribution in [0.25, 0.3) is 10.8 Å². The van der Waals surface area contributed by atoms with Crippen molar-refractivity contribution in [3.05, 3.63) is 42.0 Å². The summed E-state index contributed by atoms with van der Waals surface area (Å²) in [7, 11) is 0. The molecule has 20 heavy (non-hydrogen) atoms. The average molecular weight is 273 g/mol. The molecule has 0 saturated heterocycles. The first kappa shape index (κ1) is 14.8. The molecule has 3 nitrogen and oxygen atoms in total. The summed E-state index contributed by atoms with van der Waals surface area (Å²) in [5, 5.41) is 2.45. The second-order valence-electron chi connectivity index (χ2n) is 5.07. The number of nitrogens with two attached hydrogens (primary N) is 1. The molecule has 0 amide bonds. The van der Waals surface area contributed by atoms with Gasteiger partial charge >= 0.3 is 0 Å². The van der Waals surface area contributed by atoms with Crippen LogP contribution in [0.15, 0.2) is 36.4 Å². The van der Waals surface area contributed by atoms with Crippen molar-refractivity contribution in [2.45, 2.75) is 26.4 Å². The minimum Gasteiger partial charge on any atom is -0.491 e. The van der Waals surface area contributed by atoms with E-state index in [4.69, 9.17) is 15.2 Å². The molecule has 0 unspecified atom stereocenters. The second kappa shape index (κ2) is 7.27. The largest absolute Gasteiger partial charge is 0.491 e. The topological polar surface area (TPSA) is 44.5 Å². The third kappa shape index (κ3) is 3.71. The monoisotopic (exact) mass is 273 g/mol. The smallest absolute Gasteiger partial charge is 0.123 e. The molecule has 2 N–H and O–H groups in total. The Balaban J connectivity index is 2.17. The molecule has 0 aliphatic heterocycles. The summed E-state index contributed by atoms with van der Waals surface area (Å²) in [6.45, 7) is 5.83. The fourth-order valence-corrected chi connectivity index (χ4v) is 2.29. The summed E-state index contributed by atoms with van der Waals surface area (Å²) < 4.78 is 11.4. The summed E-state index contributed by atoms with van der Waals surface area (Å²) >= 11 is 0. The van der Waals surface area contributed by atoms with E-state index in [1.165, 1.54) is 16.3 Å². The first-order valence-electron chi connectivity index (χ1n) is 7.17. The van der Waals surface area contributed by atoms with Crippen molar-refractivity contribution in [3.63, 3.8) is 0 Å². The molecule has 0 aliphatic rings. The van der Waals surface area contributed by atoms with Crippen LogP contribution in [0, 0.1) is 0 Å². The maximum absolute atomic E-state index is 5.87. The van der Waals surface area contributed by atoms with Crippen LogP contribution in [0.4, 0.5) is 0 Å². The van der Waals surface area contributed by atoms with Crippen molar-refractivity contribution in [1.29, 1.82) is 0 Å². The summed E-state index contributed by atoms with van der Waals surface area (Å²) in [4.78, 5) is 0. The molecule has 0 radical (unpaired) electrons. The Bertz CT molecular complexity index is 552. The Labute approximate surface area is 120 Å². The molecule has 0 aromatic heterocycles. The molecule has 2 aromatic rings. The Kier molecular flexibility index (Phi) is 5.39. The summed E-state index contributed by atoms with van der Waals surface area (Å²) in [5.41, 5.74) is 6.92. The quantitative estimate of drug-likeness (QED) is 0.788. The molecule has 0 saturated carbocycles. The SMILES string of the molecule is CC(C)OCCOc1ccc2ccccc2c1CCN. The van der Waals surface area contributed by atoms with Crippen LogP contribution in [0.2, 0.25) is 0 Å². The zero-order chi connectivity index (χ0) is 14.4. The van der Waals surface area contributed by atoms with E-state index in [0.29, 0.717) is 19.8 Å². The molecule has 3 heteroatoms. The number of rotatable bonds is 7. The fourth-order valence-electron chi connectivity index (χ4n) is 2.29. The molecule has 0 aliphatic carbocycles. The fraction of sp³-hybridized carbons (Fsp3) is 0.412. The molecule has 2 aromatic carbocycles. The van der Waals surface area contributed by atoms with E-state index < -0.39 is 0 Å². The maximum Gasteiger partial charge on any atom is 0.123 e. The van der Waals surface area contributed by atoms with Gasteiger partial charge in [-0.2, -0.15) is 0 Å². The van der Waals surface area contributed by atoms with Gasteiger partial charge in [-0.15, -0.1) is 0 Å². The molecule has 0 bridgehead atoms. The minimum absolute atomic E-state index is 0.235. The van der Waals surface area contributed by atoms with Crippen LogP contribution < -0.4 is 10.5 Å². The minimum atomic E-state index is 0.235. The lowest BCUT2D eigenvalue weighted by molar-refractivity contribution is 0.0551. The standard InChI is InChI=1S/C17H23NO2/c1-13(2)19-11-12-20-17-8-7-14-5-3-4-6-15(14)16(17)9-10-18/h3-8,13H,9-12,18H2,1-2H3. The molecular formula is C17H23NO2. The predicted octanol–water partition coefficient (Wildman–Crippen LogP) is 3.14. The molecule has 0 atom stereocenters. The van der Waals surface area contributed by atoms with Crippen LogP contribution in [-0.2, 0) is 11.2 Å².